The molecule has 2 N–H and O–H groups in total. The predicted molar refractivity (Wildman–Crippen MR) is 115 cm³/mol. The van der Waals surface area contributed by atoms with Crippen LogP contribution in [-0.4, -0.2) is 42.5 Å². The molecular weight excluding hydrogens is 398 g/mol. The van der Waals surface area contributed by atoms with E-state index in [0.717, 1.165) is 49.8 Å². The van der Waals surface area contributed by atoms with Crippen LogP contribution in [0.3, 0.4) is 0 Å². The van der Waals surface area contributed by atoms with Gasteiger partial charge in [0.15, 0.2) is 6.10 Å². The van der Waals surface area contributed by atoms with Crippen LogP contribution >= 0.6 is 0 Å². The number of nitrogens with zero attached hydrogens (tertiary/aromatic N) is 1. The van der Waals surface area contributed by atoms with Crippen molar-refractivity contribution >= 4 is 29.5 Å². The maximum absolute atomic E-state index is 12.6. The van der Waals surface area contributed by atoms with E-state index in [0.29, 0.717) is 0 Å². The number of carbonyl (C=O) groups excluding carboxylic acids is 4. The Bertz CT molecular complexity index is 834. The minimum Gasteiger partial charge on any atom is -0.452 e. The first kappa shape index (κ1) is 22.8. The van der Waals surface area contributed by atoms with Gasteiger partial charge in [-0.1, -0.05) is 44.4 Å². The van der Waals surface area contributed by atoms with Crippen LogP contribution in [-0.2, 0) is 25.5 Å². The number of carbonyl (C=O) groups is 4. The van der Waals surface area contributed by atoms with E-state index in [-0.39, 0.29) is 24.9 Å². The van der Waals surface area contributed by atoms with Crippen molar-refractivity contribution in [1.29, 1.82) is 0 Å². The number of anilines is 1. The highest BCUT2D eigenvalue weighted by Crippen LogP contribution is 2.29. The van der Waals surface area contributed by atoms with Crippen LogP contribution in [0.5, 0.6) is 0 Å². The van der Waals surface area contributed by atoms with Crippen molar-refractivity contribution in [3.8, 4) is 0 Å². The first-order valence-corrected chi connectivity index (χ1v) is 11.1. The quantitative estimate of drug-likeness (QED) is 0.677. The van der Waals surface area contributed by atoms with Crippen LogP contribution in [0.15, 0.2) is 24.3 Å². The Hall–Kier alpha value is -2.90. The van der Waals surface area contributed by atoms with E-state index in [1.807, 2.05) is 31.2 Å². The van der Waals surface area contributed by atoms with Crippen LogP contribution < -0.4 is 15.5 Å². The molecule has 8 heteroatoms. The molecule has 1 saturated heterocycles. The van der Waals surface area contributed by atoms with Crippen molar-refractivity contribution in [3.05, 3.63) is 29.8 Å². The molecule has 2 fully saturated rings. The lowest BCUT2D eigenvalue weighted by Gasteiger charge is -2.23. The van der Waals surface area contributed by atoms with Gasteiger partial charge in [-0.25, -0.2) is 4.79 Å². The molecule has 1 saturated carbocycles. The predicted octanol–water partition coefficient (Wildman–Crippen LogP) is 2.69. The molecule has 1 aliphatic heterocycles. The van der Waals surface area contributed by atoms with Gasteiger partial charge in [0.1, 0.15) is 0 Å². The Labute approximate surface area is 182 Å². The summed E-state index contributed by atoms with van der Waals surface area (Å²) in [6.45, 7) is 3.64. The molecule has 0 aromatic heterocycles. The van der Waals surface area contributed by atoms with Crippen LogP contribution in [0.4, 0.5) is 10.5 Å². The maximum Gasteiger partial charge on any atom is 0.321 e. The minimum absolute atomic E-state index is 0.0351. The first-order valence-electron chi connectivity index (χ1n) is 11.1. The van der Waals surface area contributed by atoms with Gasteiger partial charge in [-0.3, -0.25) is 19.7 Å². The molecule has 2 aliphatic rings. The number of nitrogens with one attached hydrogen (secondary N) is 2. The molecule has 1 aromatic rings. The minimum atomic E-state index is -1.13. The van der Waals surface area contributed by atoms with Crippen molar-refractivity contribution in [1.82, 2.24) is 10.6 Å². The first-order chi connectivity index (χ1) is 14.9. The summed E-state index contributed by atoms with van der Waals surface area (Å²) in [7, 11) is 0. The summed E-state index contributed by atoms with van der Waals surface area (Å²) in [6.07, 6.45) is 4.77. The number of imide groups is 1. The molecular formula is C23H31N3O5. The fraction of sp³-hybridized carbons (Fsp3) is 0.565. The third-order valence-electron chi connectivity index (χ3n) is 5.96. The largest absolute Gasteiger partial charge is 0.452 e. The van der Waals surface area contributed by atoms with E-state index in [9.17, 15) is 19.2 Å². The highest BCUT2D eigenvalue weighted by atomic mass is 16.5. The third kappa shape index (κ3) is 5.83. The SMILES string of the molecule is CCc1ccccc1N1C[C@@H](C(=O)O[C@@H](C)C(=O)NC(=O)NC2CCCCC2)CC1=O. The second kappa shape index (κ2) is 10.4. The molecule has 1 aromatic carbocycles. The normalized spacial score (nSPS) is 20.3. The Morgan fingerprint density at radius 2 is 1.87 bits per heavy atom. The van der Waals surface area contributed by atoms with Crippen LogP contribution in [0.1, 0.15) is 57.9 Å². The average Bonchev–Trinajstić information content (AvgIpc) is 3.15. The van der Waals surface area contributed by atoms with Gasteiger partial charge in [-0.05, 0) is 37.8 Å². The maximum atomic E-state index is 12.6. The lowest BCUT2D eigenvalue weighted by molar-refractivity contribution is -0.158. The summed E-state index contributed by atoms with van der Waals surface area (Å²) in [5.74, 6) is -2.09. The second-order valence-electron chi connectivity index (χ2n) is 8.26. The van der Waals surface area contributed by atoms with Crippen molar-refractivity contribution < 1.29 is 23.9 Å². The Morgan fingerprint density at radius 3 is 2.58 bits per heavy atom. The molecule has 168 valence electrons. The summed E-state index contributed by atoms with van der Waals surface area (Å²) in [4.78, 5) is 50.9. The number of amides is 4. The molecule has 1 heterocycles. The van der Waals surface area contributed by atoms with Gasteiger partial charge in [-0.2, -0.15) is 0 Å². The molecule has 0 bridgehead atoms. The van der Waals surface area contributed by atoms with Gasteiger partial charge < -0.3 is 15.0 Å². The molecule has 3 rings (SSSR count). The molecule has 0 unspecified atom stereocenters. The smallest absolute Gasteiger partial charge is 0.321 e. The number of benzene rings is 1. The van der Waals surface area contributed by atoms with Gasteiger partial charge >= 0.3 is 12.0 Å². The van der Waals surface area contributed by atoms with Gasteiger partial charge in [0.25, 0.3) is 5.91 Å². The molecule has 8 nitrogen and oxygen atoms in total. The zero-order valence-corrected chi connectivity index (χ0v) is 18.2. The Kier molecular flexibility index (Phi) is 7.65. The van der Waals surface area contributed by atoms with Crippen LogP contribution in [0.2, 0.25) is 0 Å². The number of esters is 1. The van der Waals surface area contributed by atoms with E-state index < -0.39 is 29.9 Å². The van der Waals surface area contributed by atoms with E-state index in [4.69, 9.17) is 4.74 Å². The monoisotopic (exact) mass is 429 g/mol. The molecule has 2 atom stereocenters. The van der Waals surface area contributed by atoms with Gasteiger partial charge in [0, 0.05) is 24.7 Å². The molecule has 4 amide bonds. The topological polar surface area (TPSA) is 105 Å². The number of hydrogen-bond donors (Lipinski definition) is 2. The van der Waals surface area contributed by atoms with Gasteiger partial charge in [0.05, 0.1) is 5.92 Å². The summed E-state index contributed by atoms with van der Waals surface area (Å²) in [6, 6.07) is 7.10. The zero-order valence-electron chi connectivity index (χ0n) is 18.2. The molecule has 1 aliphatic carbocycles. The fourth-order valence-electron chi connectivity index (χ4n) is 4.18. The number of urea groups is 1. The molecule has 0 radical (unpaired) electrons. The van der Waals surface area contributed by atoms with Crippen LogP contribution in [0, 0.1) is 5.92 Å². The van der Waals surface area contributed by atoms with Crippen molar-refractivity contribution in [2.24, 2.45) is 5.92 Å². The summed E-state index contributed by atoms with van der Waals surface area (Å²) in [5, 5.41) is 5.03. The molecule has 31 heavy (non-hydrogen) atoms. The summed E-state index contributed by atoms with van der Waals surface area (Å²) < 4.78 is 5.27. The summed E-state index contributed by atoms with van der Waals surface area (Å²) in [5.41, 5.74) is 1.83. The highest BCUT2D eigenvalue weighted by molar-refractivity contribution is 6.01. The highest BCUT2D eigenvalue weighted by Gasteiger charge is 2.38. The Morgan fingerprint density at radius 1 is 1.16 bits per heavy atom. The Balaban J connectivity index is 1.50. The standard InChI is InChI=1S/C23H31N3O5/c1-3-16-9-7-8-12-19(16)26-14-17(13-20(26)27)22(29)31-15(2)21(28)25-23(30)24-18-10-5-4-6-11-18/h7-9,12,15,17-18H,3-6,10-11,13-14H2,1-2H3,(H2,24,25,28,30)/t15-,17-/m0/s1. The van der Waals surface area contributed by atoms with Gasteiger partial charge in [-0.15, -0.1) is 0 Å². The van der Waals surface area contributed by atoms with E-state index in [2.05, 4.69) is 10.6 Å². The van der Waals surface area contributed by atoms with E-state index in [1.165, 1.54) is 6.92 Å². The molecule has 0 spiro atoms. The number of para-hydroxylation sites is 1. The number of rotatable bonds is 6. The van der Waals surface area contributed by atoms with Crippen molar-refractivity contribution in [2.45, 2.75) is 70.9 Å². The van der Waals surface area contributed by atoms with Crippen molar-refractivity contribution in [3.63, 3.8) is 0 Å². The average molecular weight is 430 g/mol. The van der Waals surface area contributed by atoms with E-state index >= 15 is 0 Å². The lowest BCUT2D eigenvalue weighted by atomic mass is 9.96. The fourth-order valence-corrected chi connectivity index (χ4v) is 4.18. The van der Waals surface area contributed by atoms with E-state index in [1.54, 1.807) is 4.90 Å². The van der Waals surface area contributed by atoms with Gasteiger partial charge in [0.2, 0.25) is 5.91 Å². The third-order valence-corrected chi connectivity index (χ3v) is 5.96. The second-order valence-corrected chi connectivity index (χ2v) is 8.26. The zero-order chi connectivity index (χ0) is 22.4. The van der Waals surface area contributed by atoms with Crippen molar-refractivity contribution in [2.75, 3.05) is 11.4 Å². The van der Waals surface area contributed by atoms with Crippen LogP contribution in [0.25, 0.3) is 0 Å². The number of hydrogen-bond acceptors (Lipinski definition) is 5. The lowest BCUT2D eigenvalue weighted by Crippen LogP contribution is -2.48. The number of aryl methyl sites for hydroxylation is 1. The number of ether oxygens (including phenoxy) is 1. The summed E-state index contributed by atoms with van der Waals surface area (Å²) >= 11 is 0.